The van der Waals surface area contributed by atoms with E-state index >= 15 is 0 Å². The van der Waals surface area contributed by atoms with Crippen LogP contribution in [0.25, 0.3) is 0 Å². The summed E-state index contributed by atoms with van der Waals surface area (Å²) in [6.45, 7) is 0. The molecule has 0 saturated carbocycles. The molecule has 2 rings (SSSR count). The van der Waals surface area contributed by atoms with Crippen molar-refractivity contribution in [2.45, 2.75) is 17.4 Å². The second-order valence-corrected chi connectivity index (χ2v) is 6.35. The predicted octanol–water partition coefficient (Wildman–Crippen LogP) is 4.42. The first-order chi connectivity index (χ1) is 9.56. The van der Waals surface area contributed by atoms with Crippen LogP contribution in [0.4, 0.5) is 8.78 Å². The molecule has 20 heavy (non-hydrogen) atoms. The summed E-state index contributed by atoms with van der Waals surface area (Å²) in [6, 6.07) is 11.7. The Morgan fingerprint density at radius 3 is 2.65 bits per heavy atom. The molecule has 0 aliphatic carbocycles. The third kappa shape index (κ3) is 4.30. The maximum absolute atomic E-state index is 13.5. The number of hydrogen-bond acceptors (Lipinski definition) is 2. The first-order valence-corrected chi connectivity index (χ1v) is 7.83. The molecule has 1 atom stereocenters. The van der Waals surface area contributed by atoms with E-state index in [1.165, 1.54) is 23.9 Å². The molecule has 0 saturated heterocycles. The number of rotatable bonds is 5. The number of hydrogen-bond donors (Lipinski definition) is 1. The molecule has 2 aromatic rings. The summed E-state index contributed by atoms with van der Waals surface area (Å²) in [7, 11) is 0. The lowest BCUT2D eigenvalue weighted by molar-refractivity contribution is 0.198. The highest BCUT2D eigenvalue weighted by Gasteiger charge is 2.12. The molecule has 0 amide bonds. The number of halogens is 3. The van der Waals surface area contributed by atoms with Crippen molar-refractivity contribution in [2.24, 2.45) is 0 Å². The molecule has 0 aliphatic heterocycles. The van der Waals surface area contributed by atoms with E-state index in [2.05, 4.69) is 15.9 Å². The van der Waals surface area contributed by atoms with E-state index in [0.29, 0.717) is 5.75 Å². The summed E-state index contributed by atoms with van der Waals surface area (Å²) in [5, 5.41) is 9.93. The van der Waals surface area contributed by atoms with Crippen molar-refractivity contribution in [2.75, 3.05) is 5.75 Å². The molecular formula is C15H13BrF2OS. The molecule has 1 N–H and O–H groups in total. The van der Waals surface area contributed by atoms with Gasteiger partial charge in [0.05, 0.1) is 6.10 Å². The van der Waals surface area contributed by atoms with Crippen LogP contribution in [0.1, 0.15) is 5.56 Å². The van der Waals surface area contributed by atoms with E-state index in [1.54, 1.807) is 0 Å². The maximum atomic E-state index is 13.5. The Labute approximate surface area is 129 Å². The minimum absolute atomic E-state index is 0.102. The normalized spacial score (nSPS) is 12.4. The van der Waals surface area contributed by atoms with Gasteiger partial charge in [-0.1, -0.05) is 34.1 Å². The molecule has 2 aromatic carbocycles. The Morgan fingerprint density at radius 1 is 1.15 bits per heavy atom. The topological polar surface area (TPSA) is 20.2 Å². The zero-order chi connectivity index (χ0) is 14.5. The Balaban J connectivity index is 1.92. The molecule has 0 spiro atoms. The maximum Gasteiger partial charge on any atom is 0.162 e. The van der Waals surface area contributed by atoms with E-state index in [0.717, 1.165) is 15.4 Å². The molecule has 1 nitrogen and oxygen atoms in total. The number of aliphatic hydroxyl groups is 1. The van der Waals surface area contributed by atoms with Crippen LogP contribution in [0.2, 0.25) is 0 Å². The van der Waals surface area contributed by atoms with Crippen LogP contribution in [0, 0.1) is 11.6 Å². The van der Waals surface area contributed by atoms with Crippen LogP contribution < -0.4 is 0 Å². The van der Waals surface area contributed by atoms with Crippen molar-refractivity contribution in [3.63, 3.8) is 0 Å². The molecule has 106 valence electrons. The van der Waals surface area contributed by atoms with Gasteiger partial charge in [0.1, 0.15) is 0 Å². The molecule has 0 radical (unpaired) electrons. The Hall–Kier alpha value is -0.910. The molecule has 5 heteroatoms. The largest absolute Gasteiger partial charge is 0.392 e. The van der Waals surface area contributed by atoms with Gasteiger partial charge in [0, 0.05) is 21.5 Å². The van der Waals surface area contributed by atoms with Crippen molar-refractivity contribution in [3.05, 3.63) is 64.1 Å². The molecule has 0 fully saturated rings. The summed E-state index contributed by atoms with van der Waals surface area (Å²) in [6.07, 6.45) is -0.625. The fourth-order valence-electron chi connectivity index (χ4n) is 1.77. The number of benzene rings is 2. The zero-order valence-electron chi connectivity index (χ0n) is 10.5. The standard InChI is InChI=1S/C15H13BrF2OS/c16-11-4-2-5-13(8-11)20-9-12(19)7-10-3-1-6-14(17)15(10)18/h1-6,8,12,19H,7,9H2. The fourth-order valence-corrected chi connectivity index (χ4v) is 3.21. The average molecular weight is 359 g/mol. The van der Waals surface area contributed by atoms with Crippen molar-refractivity contribution >= 4 is 27.7 Å². The molecule has 0 bridgehead atoms. The van der Waals surface area contributed by atoms with Gasteiger partial charge in [0.2, 0.25) is 0 Å². The predicted molar refractivity (Wildman–Crippen MR) is 80.9 cm³/mol. The Kier molecular flexibility index (Phi) is 5.57. The highest BCUT2D eigenvalue weighted by molar-refractivity contribution is 9.10. The Morgan fingerprint density at radius 2 is 1.90 bits per heavy atom. The minimum Gasteiger partial charge on any atom is -0.392 e. The van der Waals surface area contributed by atoms with Crippen LogP contribution in [-0.2, 0) is 6.42 Å². The minimum atomic E-state index is -0.880. The molecule has 0 aromatic heterocycles. The van der Waals surface area contributed by atoms with Crippen LogP contribution in [0.3, 0.4) is 0 Å². The summed E-state index contributed by atoms with van der Waals surface area (Å²) in [5.74, 6) is -1.33. The van der Waals surface area contributed by atoms with E-state index in [4.69, 9.17) is 0 Å². The first kappa shape index (κ1) is 15.5. The second-order valence-electron chi connectivity index (χ2n) is 4.34. The van der Waals surface area contributed by atoms with E-state index in [-0.39, 0.29) is 12.0 Å². The van der Waals surface area contributed by atoms with Gasteiger partial charge in [-0.2, -0.15) is 0 Å². The first-order valence-electron chi connectivity index (χ1n) is 6.05. The van der Waals surface area contributed by atoms with Crippen molar-refractivity contribution < 1.29 is 13.9 Å². The molecule has 1 unspecified atom stereocenters. The van der Waals surface area contributed by atoms with Crippen LogP contribution >= 0.6 is 27.7 Å². The van der Waals surface area contributed by atoms with E-state index < -0.39 is 17.7 Å². The summed E-state index contributed by atoms with van der Waals surface area (Å²) in [4.78, 5) is 1.01. The van der Waals surface area contributed by atoms with Crippen LogP contribution in [0.15, 0.2) is 51.8 Å². The fraction of sp³-hybridized carbons (Fsp3) is 0.200. The highest BCUT2D eigenvalue weighted by Crippen LogP contribution is 2.23. The van der Waals surface area contributed by atoms with Gasteiger partial charge in [-0.25, -0.2) is 8.78 Å². The van der Waals surface area contributed by atoms with Gasteiger partial charge in [0.15, 0.2) is 11.6 Å². The average Bonchev–Trinajstić information content (AvgIpc) is 2.42. The molecular weight excluding hydrogens is 346 g/mol. The van der Waals surface area contributed by atoms with E-state index in [9.17, 15) is 13.9 Å². The van der Waals surface area contributed by atoms with Gasteiger partial charge in [-0.3, -0.25) is 0 Å². The second kappa shape index (κ2) is 7.20. The number of thioether (sulfide) groups is 1. The SMILES string of the molecule is OC(CSc1cccc(Br)c1)Cc1cccc(F)c1F. The van der Waals surface area contributed by atoms with Crippen molar-refractivity contribution in [1.29, 1.82) is 0 Å². The van der Waals surface area contributed by atoms with Crippen molar-refractivity contribution in [3.8, 4) is 0 Å². The lowest BCUT2D eigenvalue weighted by Gasteiger charge is -2.11. The smallest absolute Gasteiger partial charge is 0.162 e. The van der Waals surface area contributed by atoms with Gasteiger partial charge in [0.25, 0.3) is 0 Å². The monoisotopic (exact) mass is 358 g/mol. The zero-order valence-corrected chi connectivity index (χ0v) is 12.9. The molecule has 0 heterocycles. The van der Waals surface area contributed by atoms with Gasteiger partial charge >= 0.3 is 0 Å². The van der Waals surface area contributed by atoms with Gasteiger partial charge in [-0.05, 0) is 29.8 Å². The van der Waals surface area contributed by atoms with Crippen LogP contribution in [-0.4, -0.2) is 17.0 Å². The van der Waals surface area contributed by atoms with Gasteiger partial charge < -0.3 is 5.11 Å². The lowest BCUT2D eigenvalue weighted by Crippen LogP contribution is -2.14. The van der Waals surface area contributed by atoms with Crippen molar-refractivity contribution in [1.82, 2.24) is 0 Å². The van der Waals surface area contributed by atoms with Gasteiger partial charge in [-0.15, -0.1) is 11.8 Å². The van der Waals surface area contributed by atoms with E-state index in [1.807, 2.05) is 24.3 Å². The van der Waals surface area contributed by atoms with Crippen LogP contribution in [0.5, 0.6) is 0 Å². The summed E-state index contributed by atoms with van der Waals surface area (Å²) < 4.78 is 27.5. The third-order valence-corrected chi connectivity index (χ3v) is 4.36. The quantitative estimate of drug-likeness (QED) is 0.798. The lowest BCUT2D eigenvalue weighted by atomic mass is 10.1. The summed E-state index contributed by atoms with van der Waals surface area (Å²) in [5.41, 5.74) is 0.201. The molecule has 0 aliphatic rings. The summed E-state index contributed by atoms with van der Waals surface area (Å²) >= 11 is 4.85. The number of aliphatic hydroxyl groups excluding tert-OH is 1. The highest BCUT2D eigenvalue weighted by atomic mass is 79.9. The Bertz CT molecular complexity index is 592. The third-order valence-electron chi connectivity index (χ3n) is 2.73.